The largest absolute Gasteiger partial charge is 0.467 e. The number of halogens is 3. The van der Waals surface area contributed by atoms with Crippen molar-refractivity contribution in [3.05, 3.63) is 23.2 Å². The lowest BCUT2D eigenvalue weighted by Crippen LogP contribution is -2.27. The fourth-order valence-corrected chi connectivity index (χ4v) is 1.43. The Morgan fingerprint density at radius 3 is 2.67 bits per heavy atom. The second kappa shape index (κ2) is 6.39. The molecule has 0 bridgehead atoms. The first-order valence-electron chi connectivity index (χ1n) is 5.02. The van der Waals surface area contributed by atoms with Crippen molar-refractivity contribution >= 4 is 23.3 Å². The van der Waals surface area contributed by atoms with Crippen LogP contribution < -0.4 is 10.1 Å². The molecule has 18 heavy (non-hydrogen) atoms. The Bertz CT molecular complexity index is 429. The van der Waals surface area contributed by atoms with Crippen molar-refractivity contribution in [3.63, 3.8) is 0 Å². The topological polar surface area (TPSA) is 47.6 Å². The minimum Gasteiger partial charge on any atom is -0.467 e. The molecule has 7 heteroatoms. The van der Waals surface area contributed by atoms with Crippen LogP contribution in [0.3, 0.4) is 0 Å². The number of rotatable bonds is 5. The zero-order valence-electron chi connectivity index (χ0n) is 9.75. The minimum absolute atomic E-state index is 0.0616. The van der Waals surface area contributed by atoms with Gasteiger partial charge in [0.05, 0.1) is 12.1 Å². The molecular formula is C11H12ClF2NO3. The summed E-state index contributed by atoms with van der Waals surface area (Å²) in [5.41, 5.74) is 0.424. The molecule has 0 fully saturated rings. The Balaban J connectivity index is 2.81. The van der Waals surface area contributed by atoms with Crippen LogP contribution in [0, 0.1) is 0 Å². The molecule has 0 aliphatic heterocycles. The van der Waals surface area contributed by atoms with Gasteiger partial charge in [-0.05, 0) is 19.1 Å². The summed E-state index contributed by atoms with van der Waals surface area (Å²) in [4.78, 5) is 11.2. The van der Waals surface area contributed by atoms with E-state index in [2.05, 4.69) is 14.8 Å². The van der Waals surface area contributed by atoms with E-state index in [0.29, 0.717) is 5.69 Å². The van der Waals surface area contributed by atoms with Crippen LogP contribution in [-0.2, 0) is 9.53 Å². The van der Waals surface area contributed by atoms with Gasteiger partial charge in [-0.25, -0.2) is 4.79 Å². The molecule has 1 rings (SSSR count). The molecule has 0 heterocycles. The summed E-state index contributed by atoms with van der Waals surface area (Å²) in [6.45, 7) is -1.38. The van der Waals surface area contributed by atoms with Gasteiger partial charge in [-0.15, -0.1) is 0 Å². The molecule has 0 saturated carbocycles. The number of hydrogen-bond acceptors (Lipinski definition) is 4. The van der Waals surface area contributed by atoms with E-state index in [1.165, 1.54) is 19.2 Å². The number of nitrogens with one attached hydrogen (secondary N) is 1. The predicted octanol–water partition coefficient (Wildman–Crippen LogP) is 2.91. The van der Waals surface area contributed by atoms with Crippen molar-refractivity contribution in [1.29, 1.82) is 0 Å². The van der Waals surface area contributed by atoms with Crippen LogP contribution in [0.25, 0.3) is 0 Å². The van der Waals surface area contributed by atoms with E-state index in [0.717, 1.165) is 0 Å². The van der Waals surface area contributed by atoms with E-state index in [1.54, 1.807) is 13.0 Å². The Hall–Kier alpha value is -1.56. The molecule has 1 aromatic rings. The summed E-state index contributed by atoms with van der Waals surface area (Å²) < 4.78 is 33.0. The van der Waals surface area contributed by atoms with Crippen molar-refractivity contribution in [2.75, 3.05) is 12.4 Å². The van der Waals surface area contributed by atoms with Gasteiger partial charge in [0.25, 0.3) is 0 Å². The van der Waals surface area contributed by atoms with Gasteiger partial charge in [-0.3, -0.25) is 0 Å². The van der Waals surface area contributed by atoms with Crippen LogP contribution in [-0.4, -0.2) is 25.7 Å². The van der Waals surface area contributed by atoms with Crippen LogP contribution >= 0.6 is 11.6 Å². The fraction of sp³-hybridized carbons (Fsp3) is 0.364. The van der Waals surface area contributed by atoms with Crippen molar-refractivity contribution in [2.45, 2.75) is 19.6 Å². The third-order valence-electron chi connectivity index (χ3n) is 2.09. The molecule has 0 saturated heterocycles. The number of carbonyl (C=O) groups excluding carboxylic acids is 1. The average Bonchev–Trinajstić information content (AvgIpc) is 2.31. The van der Waals surface area contributed by atoms with Crippen LogP contribution in [0.4, 0.5) is 14.5 Å². The molecule has 0 aromatic heterocycles. The van der Waals surface area contributed by atoms with Crippen molar-refractivity contribution in [1.82, 2.24) is 0 Å². The van der Waals surface area contributed by atoms with Gasteiger partial charge in [0.2, 0.25) is 0 Å². The number of esters is 1. The molecule has 0 unspecified atom stereocenters. The molecule has 0 spiro atoms. The van der Waals surface area contributed by atoms with E-state index in [-0.39, 0.29) is 10.8 Å². The lowest BCUT2D eigenvalue weighted by Gasteiger charge is -2.14. The zero-order chi connectivity index (χ0) is 13.7. The standard InChI is InChI=1S/C11H12ClF2NO3/c1-6(10(16)17-2)15-7-3-4-8(12)9(5-7)18-11(13)14/h3-6,11,15H,1-2H3/t6-/m1/s1. The van der Waals surface area contributed by atoms with E-state index >= 15 is 0 Å². The fourth-order valence-electron chi connectivity index (χ4n) is 1.27. The average molecular weight is 280 g/mol. The van der Waals surface area contributed by atoms with Gasteiger partial charge < -0.3 is 14.8 Å². The SMILES string of the molecule is COC(=O)[C@@H](C)Nc1ccc(Cl)c(OC(F)F)c1. The highest BCUT2D eigenvalue weighted by atomic mass is 35.5. The van der Waals surface area contributed by atoms with Gasteiger partial charge in [0, 0.05) is 11.8 Å². The second-order valence-electron chi connectivity index (χ2n) is 3.41. The lowest BCUT2D eigenvalue weighted by molar-refractivity contribution is -0.141. The summed E-state index contributed by atoms with van der Waals surface area (Å²) in [5.74, 6) is -0.630. The van der Waals surface area contributed by atoms with Crippen LogP contribution in [0.15, 0.2) is 18.2 Å². The number of ether oxygens (including phenoxy) is 2. The van der Waals surface area contributed by atoms with Crippen molar-refractivity contribution in [3.8, 4) is 5.75 Å². The van der Waals surface area contributed by atoms with E-state index in [4.69, 9.17) is 11.6 Å². The number of methoxy groups -OCH3 is 1. The van der Waals surface area contributed by atoms with Gasteiger partial charge in [0.15, 0.2) is 0 Å². The summed E-state index contributed by atoms with van der Waals surface area (Å²) in [5, 5.41) is 2.84. The predicted molar refractivity (Wildman–Crippen MR) is 63.2 cm³/mol. The molecule has 1 aromatic carbocycles. The molecule has 1 N–H and O–H groups in total. The van der Waals surface area contributed by atoms with Gasteiger partial charge in [0.1, 0.15) is 11.8 Å². The highest BCUT2D eigenvalue weighted by Gasteiger charge is 2.14. The maximum atomic E-state index is 12.1. The number of carbonyl (C=O) groups is 1. The molecule has 4 nitrogen and oxygen atoms in total. The first-order chi connectivity index (χ1) is 8.43. The summed E-state index contributed by atoms with van der Waals surface area (Å²) in [6.07, 6.45) is 0. The van der Waals surface area contributed by atoms with E-state index in [1.807, 2.05) is 0 Å². The molecule has 0 radical (unpaired) electrons. The summed E-state index contributed by atoms with van der Waals surface area (Å²) in [6, 6.07) is 3.61. The second-order valence-corrected chi connectivity index (χ2v) is 3.82. The quantitative estimate of drug-likeness (QED) is 0.842. The number of anilines is 1. The van der Waals surface area contributed by atoms with Gasteiger partial charge >= 0.3 is 12.6 Å². The number of alkyl halides is 2. The van der Waals surface area contributed by atoms with Crippen LogP contribution in [0.5, 0.6) is 5.75 Å². The number of benzene rings is 1. The first-order valence-corrected chi connectivity index (χ1v) is 5.40. The molecule has 0 aliphatic carbocycles. The highest BCUT2D eigenvalue weighted by Crippen LogP contribution is 2.29. The van der Waals surface area contributed by atoms with Gasteiger partial charge in [-0.2, -0.15) is 8.78 Å². The minimum atomic E-state index is -2.96. The summed E-state index contributed by atoms with van der Waals surface area (Å²) >= 11 is 5.69. The third-order valence-corrected chi connectivity index (χ3v) is 2.40. The van der Waals surface area contributed by atoms with Gasteiger partial charge in [-0.1, -0.05) is 11.6 Å². The first kappa shape index (κ1) is 14.5. The Morgan fingerprint density at radius 1 is 1.44 bits per heavy atom. The lowest BCUT2D eigenvalue weighted by atomic mass is 10.2. The van der Waals surface area contributed by atoms with Crippen LogP contribution in [0.2, 0.25) is 5.02 Å². The van der Waals surface area contributed by atoms with Crippen LogP contribution in [0.1, 0.15) is 6.92 Å². The smallest absolute Gasteiger partial charge is 0.387 e. The van der Waals surface area contributed by atoms with Crippen molar-refractivity contribution < 1.29 is 23.0 Å². The normalized spacial score (nSPS) is 12.1. The third kappa shape index (κ3) is 4.03. The summed E-state index contributed by atoms with van der Waals surface area (Å²) in [7, 11) is 1.26. The number of hydrogen-bond donors (Lipinski definition) is 1. The molecule has 1 atom stereocenters. The maximum Gasteiger partial charge on any atom is 0.387 e. The van der Waals surface area contributed by atoms with Crippen molar-refractivity contribution in [2.24, 2.45) is 0 Å². The Kier molecular flexibility index (Phi) is 5.15. The van der Waals surface area contributed by atoms with E-state index in [9.17, 15) is 13.6 Å². The highest BCUT2D eigenvalue weighted by molar-refractivity contribution is 6.32. The van der Waals surface area contributed by atoms with E-state index < -0.39 is 18.6 Å². The molecular weight excluding hydrogens is 268 g/mol. The zero-order valence-corrected chi connectivity index (χ0v) is 10.5. The molecule has 0 aliphatic rings. The molecule has 100 valence electrons. The molecule has 0 amide bonds. The Morgan fingerprint density at radius 2 is 2.11 bits per heavy atom. The Labute approximate surface area is 108 Å². The monoisotopic (exact) mass is 279 g/mol. The maximum absolute atomic E-state index is 12.1.